The van der Waals surface area contributed by atoms with Crippen molar-refractivity contribution in [3.8, 4) is 5.75 Å². The molecular formula is C20H30N2O4. The molecule has 1 unspecified atom stereocenters. The van der Waals surface area contributed by atoms with E-state index in [2.05, 4.69) is 26.8 Å². The lowest BCUT2D eigenvalue weighted by molar-refractivity contribution is -0.138. The lowest BCUT2D eigenvalue weighted by Crippen LogP contribution is -2.42. The van der Waals surface area contributed by atoms with Crippen molar-refractivity contribution in [3.63, 3.8) is 0 Å². The first-order valence-corrected chi connectivity index (χ1v) is 9.17. The van der Waals surface area contributed by atoms with Crippen LogP contribution in [0.25, 0.3) is 0 Å². The number of hydrogen-bond donors (Lipinski definition) is 1. The molecule has 1 saturated heterocycles. The van der Waals surface area contributed by atoms with E-state index in [1.807, 2.05) is 23.1 Å². The normalized spacial score (nSPS) is 17.5. The molecule has 1 N–H and O–H groups in total. The number of amides is 1. The van der Waals surface area contributed by atoms with E-state index in [4.69, 9.17) is 9.84 Å². The summed E-state index contributed by atoms with van der Waals surface area (Å²) >= 11 is 0. The SMILES string of the molecule is CC(Oc1cccc(C(C)(C)C)c1)C(=O)N1CCCN(CC(=O)O)CC1. The molecule has 0 bridgehead atoms. The smallest absolute Gasteiger partial charge is 0.317 e. The van der Waals surface area contributed by atoms with Gasteiger partial charge < -0.3 is 14.7 Å². The molecule has 1 atom stereocenters. The standard InChI is InChI=1S/C20H30N2O4/c1-15(26-17-8-5-7-16(13-17)20(2,3)4)19(25)22-10-6-9-21(11-12-22)14-18(23)24/h5,7-8,13,15H,6,9-12,14H2,1-4H3,(H,23,24). The van der Waals surface area contributed by atoms with E-state index < -0.39 is 12.1 Å². The molecule has 0 radical (unpaired) electrons. The number of aliphatic carboxylic acids is 1. The average molecular weight is 362 g/mol. The molecule has 0 aliphatic carbocycles. The highest BCUT2D eigenvalue weighted by atomic mass is 16.5. The Morgan fingerprint density at radius 2 is 1.92 bits per heavy atom. The number of hydrogen-bond acceptors (Lipinski definition) is 4. The second-order valence-electron chi connectivity index (χ2n) is 7.89. The van der Waals surface area contributed by atoms with Gasteiger partial charge in [0.15, 0.2) is 6.10 Å². The van der Waals surface area contributed by atoms with Crippen LogP contribution in [-0.4, -0.2) is 65.6 Å². The Morgan fingerprint density at radius 3 is 2.58 bits per heavy atom. The van der Waals surface area contributed by atoms with Gasteiger partial charge in [0, 0.05) is 26.2 Å². The van der Waals surface area contributed by atoms with Crippen LogP contribution in [0.5, 0.6) is 5.75 Å². The zero-order valence-corrected chi connectivity index (χ0v) is 16.2. The molecule has 1 aliphatic heterocycles. The van der Waals surface area contributed by atoms with E-state index in [-0.39, 0.29) is 17.9 Å². The van der Waals surface area contributed by atoms with E-state index in [9.17, 15) is 9.59 Å². The van der Waals surface area contributed by atoms with E-state index in [0.29, 0.717) is 31.9 Å². The lowest BCUT2D eigenvalue weighted by Gasteiger charge is -2.25. The maximum absolute atomic E-state index is 12.7. The van der Waals surface area contributed by atoms with Gasteiger partial charge in [0.25, 0.3) is 5.91 Å². The Labute approximate surface area is 155 Å². The second-order valence-corrected chi connectivity index (χ2v) is 7.89. The molecule has 1 heterocycles. The first-order chi connectivity index (χ1) is 12.2. The van der Waals surface area contributed by atoms with E-state index in [1.165, 1.54) is 0 Å². The summed E-state index contributed by atoms with van der Waals surface area (Å²) in [7, 11) is 0. The summed E-state index contributed by atoms with van der Waals surface area (Å²) in [5, 5.41) is 8.92. The van der Waals surface area contributed by atoms with Gasteiger partial charge in [0.2, 0.25) is 0 Å². The molecule has 2 rings (SSSR count). The topological polar surface area (TPSA) is 70.1 Å². The number of ether oxygens (including phenoxy) is 1. The van der Waals surface area contributed by atoms with Crippen molar-refractivity contribution >= 4 is 11.9 Å². The third-order valence-electron chi connectivity index (χ3n) is 4.62. The predicted octanol–water partition coefficient (Wildman–Crippen LogP) is 2.37. The number of carbonyl (C=O) groups excluding carboxylic acids is 1. The monoisotopic (exact) mass is 362 g/mol. The molecule has 26 heavy (non-hydrogen) atoms. The van der Waals surface area contributed by atoms with Crippen LogP contribution in [0.2, 0.25) is 0 Å². The van der Waals surface area contributed by atoms with Crippen LogP contribution in [0, 0.1) is 0 Å². The van der Waals surface area contributed by atoms with Crippen molar-refractivity contribution in [2.75, 3.05) is 32.7 Å². The van der Waals surface area contributed by atoms with Crippen LogP contribution in [0.3, 0.4) is 0 Å². The van der Waals surface area contributed by atoms with Crippen molar-refractivity contribution in [3.05, 3.63) is 29.8 Å². The van der Waals surface area contributed by atoms with Gasteiger partial charge in [-0.25, -0.2) is 0 Å². The Kier molecular flexibility index (Phi) is 6.64. The summed E-state index contributed by atoms with van der Waals surface area (Å²) in [5.41, 5.74) is 1.18. The fourth-order valence-electron chi connectivity index (χ4n) is 3.09. The lowest BCUT2D eigenvalue weighted by atomic mass is 9.87. The van der Waals surface area contributed by atoms with Gasteiger partial charge in [-0.15, -0.1) is 0 Å². The van der Waals surface area contributed by atoms with E-state index in [0.717, 1.165) is 12.0 Å². The highest BCUT2D eigenvalue weighted by molar-refractivity contribution is 5.81. The molecule has 1 fully saturated rings. The Morgan fingerprint density at radius 1 is 1.19 bits per heavy atom. The highest BCUT2D eigenvalue weighted by Gasteiger charge is 2.25. The molecule has 1 aliphatic rings. The van der Waals surface area contributed by atoms with Gasteiger partial charge in [-0.2, -0.15) is 0 Å². The van der Waals surface area contributed by atoms with Crippen LogP contribution in [0.15, 0.2) is 24.3 Å². The third kappa shape index (κ3) is 5.73. The Bertz CT molecular complexity index is 639. The molecule has 0 aromatic heterocycles. The third-order valence-corrected chi connectivity index (χ3v) is 4.62. The molecule has 0 saturated carbocycles. The molecule has 1 aromatic rings. The van der Waals surface area contributed by atoms with Crippen LogP contribution < -0.4 is 4.74 Å². The zero-order chi connectivity index (χ0) is 19.3. The van der Waals surface area contributed by atoms with Crippen molar-refractivity contribution in [1.82, 2.24) is 9.80 Å². The van der Waals surface area contributed by atoms with Crippen molar-refractivity contribution in [1.29, 1.82) is 0 Å². The summed E-state index contributed by atoms with van der Waals surface area (Å²) in [5.74, 6) is -0.191. The number of benzene rings is 1. The largest absolute Gasteiger partial charge is 0.481 e. The highest BCUT2D eigenvalue weighted by Crippen LogP contribution is 2.26. The van der Waals surface area contributed by atoms with Crippen LogP contribution in [0.4, 0.5) is 0 Å². The fraction of sp³-hybridized carbons (Fsp3) is 0.600. The summed E-state index contributed by atoms with van der Waals surface area (Å²) in [4.78, 5) is 27.2. The predicted molar refractivity (Wildman–Crippen MR) is 101 cm³/mol. The van der Waals surface area contributed by atoms with Gasteiger partial charge >= 0.3 is 5.97 Å². The van der Waals surface area contributed by atoms with Crippen molar-refractivity contribution < 1.29 is 19.4 Å². The molecule has 6 heteroatoms. The molecule has 1 aromatic carbocycles. The minimum absolute atomic E-state index is 0.0189. The van der Waals surface area contributed by atoms with E-state index >= 15 is 0 Å². The number of nitrogens with zero attached hydrogens (tertiary/aromatic N) is 2. The summed E-state index contributed by atoms with van der Waals surface area (Å²) in [6.07, 6.45) is 0.196. The average Bonchev–Trinajstić information content (AvgIpc) is 2.78. The Balaban J connectivity index is 1.96. The number of carboxylic acid groups (broad SMARTS) is 1. The van der Waals surface area contributed by atoms with Crippen LogP contribution in [-0.2, 0) is 15.0 Å². The quantitative estimate of drug-likeness (QED) is 0.871. The maximum Gasteiger partial charge on any atom is 0.317 e. The molecule has 144 valence electrons. The second kappa shape index (κ2) is 8.54. The fourth-order valence-corrected chi connectivity index (χ4v) is 3.09. The molecule has 1 amide bonds. The summed E-state index contributed by atoms with van der Waals surface area (Å²) in [6.45, 7) is 10.6. The minimum atomic E-state index is -0.833. The number of rotatable bonds is 5. The molecule has 0 spiro atoms. The van der Waals surface area contributed by atoms with E-state index in [1.54, 1.807) is 11.8 Å². The van der Waals surface area contributed by atoms with Gasteiger partial charge in [-0.1, -0.05) is 32.9 Å². The molecule has 6 nitrogen and oxygen atoms in total. The summed E-state index contributed by atoms with van der Waals surface area (Å²) < 4.78 is 5.90. The van der Waals surface area contributed by atoms with Crippen LogP contribution in [0.1, 0.15) is 39.7 Å². The van der Waals surface area contributed by atoms with Crippen molar-refractivity contribution in [2.24, 2.45) is 0 Å². The maximum atomic E-state index is 12.7. The molecular weight excluding hydrogens is 332 g/mol. The van der Waals surface area contributed by atoms with Gasteiger partial charge in [0.05, 0.1) is 6.54 Å². The summed E-state index contributed by atoms with van der Waals surface area (Å²) in [6, 6.07) is 7.87. The number of carbonyl (C=O) groups is 2. The van der Waals surface area contributed by atoms with Crippen LogP contribution >= 0.6 is 0 Å². The first-order valence-electron chi connectivity index (χ1n) is 9.17. The minimum Gasteiger partial charge on any atom is -0.481 e. The number of carboxylic acids is 1. The van der Waals surface area contributed by atoms with Gasteiger partial charge in [0.1, 0.15) is 5.75 Å². The van der Waals surface area contributed by atoms with Gasteiger partial charge in [-0.05, 0) is 36.5 Å². The van der Waals surface area contributed by atoms with Crippen molar-refractivity contribution in [2.45, 2.75) is 45.6 Å². The van der Waals surface area contributed by atoms with Gasteiger partial charge in [-0.3, -0.25) is 14.5 Å². The Hall–Kier alpha value is -2.08. The zero-order valence-electron chi connectivity index (χ0n) is 16.2. The first kappa shape index (κ1) is 20.2.